The fourth-order valence-corrected chi connectivity index (χ4v) is 5.15. The molecule has 1 heterocycles. The Morgan fingerprint density at radius 3 is 2.35 bits per heavy atom. The molecule has 2 N–H and O–H groups in total. The summed E-state index contributed by atoms with van der Waals surface area (Å²) in [4.78, 5) is 36.8. The maximum atomic E-state index is 13.2. The first-order chi connectivity index (χ1) is 12.3. The highest BCUT2D eigenvalue weighted by atomic mass is 35.5. The van der Waals surface area contributed by atoms with Gasteiger partial charge in [0.05, 0.1) is 15.6 Å². The molecule has 5 nitrogen and oxygen atoms in total. The lowest BCUT2D eigenvalue weighted by molar-refractivity contribution is -0.124. The zero-order valence-electron chi connectivity index (χ0n) is 14.1. The number of carbonyl (C=O) groups is 3. The van der Waals surface area contributed by atoms with Gasteiger partial charge in [0.25, 0.3) is 11.8 Å². The lowest BCUT2D eigenvalue weighted by atomic mass is 9.73. The molecule has 2 amide bonds. The van der Waals surface area contributed by atoms with Crippen molar-refractivity contribution in [1.82, 2.24) is 5.32 Å². The molecule has 2 aliphatic carbocycles. The van der Waals surface area contributed by atoms with Crippen LogP contribution in [-0.4, -0.2) is 22.7 Å². The fraction of sp³-hybridized carbons (Fsp3) is 0.421. The highest BCUT2D eigenvalue weighted by molar-refractivity contribution is 6.47. The number of aliphatic hydroxyl groups excluding tert-OH is 1. The van der Waals surface area contributed by atoms with E-state index in [9.17, 15) is 19.5 Å². The van der Waals surface area contributed by atoms with Gasteiger partial charge >= 0.3 is 0 Å². The summed E-state index contributed by atoms with van der Waals surface area (Å²) in [6.45, 7) is 1.97. The van der Waals surface area contributed by atoms with Crippen LogP contribution in [0.5, 0.6) is 0 Å². The summed E-state index contributed by atoms with van der Waals surface area (Å²) in [6, 6.07) is 1.62. The Bertz CT molecular complexity index is 915. The van der Waals surface area contributed by atoms with E-state index in [-0.39, 0.29) is 27.0 Å². The maximum Gasteiger partial charge on any atom is 0.293 e. The Morgan fingerprint density at radius 2 is 1.77 bits per heavy atom. The number of ketones is 1. The Hall–Kier alpha value is -1.85. The van der Waals surface area contributed by atoms with Crippen LogP contribution in [0.3, 0.4) is 0 Å². The van der Waals surface area contributed by atoms with Crippen molar-refractivity contribution in [2.24, 2.45) is 11.3 Å². The summed E-state index contributed by atoms with van der Waals surface area (Å²) in [7, 11) is 0. The van der Waals surface area contributed by atoms with E-state index in [0.717, 1.165) is 25.7 Å². The van der Waals surface area contributed by atoms with Crippen LogP contribution in [0.25, 0.3) is 5.57 Å². The Morgan fingerprint density at radius 1 is 1.12 bits per heavy atom. The second-order valence-corrected chi connectivity index (χ2v) is 8.25. The van der Waals surface area contributed by atoms with E-state index in [4.69, 9.17) is 23.2 Å². The van der Waals surface area contributed by atoms with Crippen molar-refractivity contribution in [3.63, 3.8) is 0 Å². The molecule has 26 heavy (non-hydrogen) atoms. The number of benzene rings is 1. The van der Waals surface area contributed by atoms with Crippen molar-refractivity contribution in [1.29, 1.82) is 0 Å². The predicted octanol–water partition coefficient (Wildman–Crippen LogP) is 3.85. The van der Waals surface area contributed by atoms with Gasteiger partial charge in [-0.1, -0.05) is 43.0 Å². The molecule has 1 aliphatic heterocycles. The number of imide groups is 1. The van der Waals surface area contributed by atoms with Gasteiger partial charge in [0, 0.05) is 16.5 Å². The van der Waals surface area contributed by atoms with Crippen LogP contribution in [0.4, 0.5) is 0 Å². The van der Waals surface area contributed by atoms with Crippen LogP contribution in [0.2, 0.25) is 10.0 Å². The summed E-state index contributed by atoms with van der Waals surface area (Å²) in [5.41, 5.74) is 0.557. The first-order valence-electron chi connectivity index (χ1n) is 8.60. The molecule has 0 aromatic heterocycles. The fourth-order valence-electron chi connectivity index (χ4n) is 4.60. The molecular formula is C19H17Cl2NO4. The number of nitrogens with one attached hydrogen (secondary N) is 1. The lowest BCUT2D eigenvalue weighted by Crippen LogP contribution is -2.32. The van der Waals surface area contributed by atoms with Crippen LogP contribution in [0.15, 0.2) is 11.8 Å². The van der Waals surface area contributed by atoms with Gasteiger partial charge < -0.3 is 5.11 Å². The van der Waals surface area contributed by atoms with Crippen molar-refractivity contribution in [3.8, 4) is 0 Å². The van der Waals surface area contributed by atoms with E-state index in [1.807, 2.05) is 12.2 Å². The molecule has 0 saturated heterocycles. The molecule has 1 atom stereocenters. The third-order valence-corrected chi connectivity index (χ3v) is 6.89. The van der Waals surface area contributed by atoms with Crippen LogP contribution < -0.4 is 5.32 Å². The number of halogens is 2. The Balaban J connectivity index is 1.86. The minimum Gasteiger partial charge on any atom is -0.502 e. The summed E-state index contributed by atoms with van der Waals surface area (Å²) < 4.78 is 0. The quantitative estimate of drug-likeness (QED) is 0.747. The van der Waals surface area contributed by atoms with Gasteiger partial charge in [-0.05, 0) is 36.8 Å². The van der Waals surface area contributed by atoms with Gasteiger partial charge in [0.1, 0.15) is 0 Å². The largest absolute Gasteiger partial charge is 0.502 e. The van der Waals surface area contributed by atoms with Crippen molar-refractivity contribution in [2.75, 3.05) is 0 Å². The van der Waals surface area contributed by atoms with E-state index in [1.54, 1.807) is 6.07 Å². The van der Waals surface area contributed by atoms with Crippen molar-refractivity contribution in [3.05, 3.63) is 38.6 Å². The molecule has 0 radical (unpaired) electrons. The van der Waals surface area contributed by atoms with E-state index < -0.39 is 23.0 Å². The molecule has 4 rings (SSSR count). The number of aliphatic hydroxyl groups is 1. The third-order valence-electron chi connectivity index (χ3n) is 6.02. The van der Waals surface area contributed by atoms with Crippen LogP contribution in [-0.2, 0) is 16.0 Å². The molecular weight excluding hydrogens is 377 g/mol. The number of fused-ring (bicyclic) bond motifs is 1. The highest BCUT2D eigenvalue weighted by Crippen LogP contribution is 2.52. The molecule has 0 bridgehead atoms. The zero-order valence-corrected chi connectivity index (χ0v) is 15.6. The van der Waals surface area contributed by atoms with Gasteiger partial charge in [0.2, 0.25) is 0 Å². The highest BCUT2D eigenvalue weighted by Gasteiger charge is 2.49. The number of carbonyl (C=O) groups excluding carboxylic acids is 3. The molecule has 136 valence electrons. The van der Waals surface area contributed by atoms with Gasteiger partial charge in [-0.2, -0.15) is 0 Å². The van der Waals surface area contributed by atoms with Crippen molar-refractivity contribution in [2.45, 2.75) is 39.0 Å². The number of hydrogen-bond acceptors (Lipinski definition) is 4. The van der Waals surface area contributed by atoms with Gasteiger partial charge in [-0.3, -0.25) is 19.7 Å². The number of rotatable bonds is 2. The Labute approximate surface area is 160 Å². The van der Waals surface area contributed by atoms with E-state index in [1.165, 1.54) is 0 Å². The minimum atomic E-state index is -0.871. The van der Waals surface area contributed by atoms with Crippen LogP contribution >= 0.6 is 23.2 Å². The summed E-state index contributed by atoms with van der Waals surface area (Å²) in [5, 5.41) is 12.1. The number of amides is 2. The smallest absolute Gasteiger partial charge is 0.293 e. The number of hydrogen-bond donors (Lipinski definition) is 2. The van der Waals surface area contributed by atoms with Crippen LogP contribution in [0.1, 0.15) is 54.1 Å². The average Bonchev–Trinajstić information content (AvgIpc) is 3.26. The Kier molecular flexibility index (Phi) is 3.93. The lowest BCUT2D eigenvalue weighted by Gasteiger charge is -2.29. The number of Topliss-reactive ketones (excluding diaryl/α,β-unsaturated/α-hetero) is 1. The molecule has 1 fully saturated rings. The molecule has 1 saturated carbocycles. The first-order valence-corrected chi connectivity index (χ1v) is 9.36. The summed E-state index contributed by atoms with van der Waals surface area (Å²) in [5.74, 6) is -2.00. The van der Waals surface area contributed by atoms with E-state index in [2.05, 4.69) is 0 Å². The SMILES string of the molecule is CC1(C2CCCC2)Cc2cc(C3=C(O)C(=O)NC3=O)c(Cl)c(Cl)c2C1=O. The second-order valence-electron chi connectivity index (χ2n) is 7.50. The first kappa shape index (κ1) is 17.6. The van der Waals surface area contributed by atoms with Crippen molar-refractivity contribution >= 4 is 46.4 Å². The monoisotopic (exact) mass is 393 g/mol. The minimum absolute atomic E-state index is 0.000776. The normalized spacial score (nSPS) is 26.0. The summed E-state index contributed by atoms with van der Waals surface area (Å²) >= 11 is 12.7. The average molecular weight is 394 g/mol. The topological polar surface area (TPSA) is 83.5 Å². The maximum absolute atomic E-state index is 13.2. The third kappa shape index (κ3) is 2.26. The van der Waals surface area contributed by atoms with Gasteiger partial charge in [-0.15, -0.1) is 0 Å². The standard InChI is InChI=1S/C19H17Cl2NO4/c1-19(9-4-2-3-5-9)7-8-6-10(12-15(23)18(26)22-17(12)25)13(20)14(21)11(8)16(19)24/h6,9H,2-5,7H2,1H3,(H2,22,23,25,26). The van der Waals surface area contributed by atoms with E-state index >= 15 is 0 Å². The van der Waals surface area contributed by atoms with Gasteiger partial charge in [-0.25, -0.2) is 0 Å². The molecule has 0 spiro atoms. The molecule has 1 unspecified atom stereocenters. The van der Waals surface area contributed by atoms with Crippen LogP contribution in [0, 0.1) is 11.3 Å². The second kappa shape index (κ2) is 5.83. The molecule has 1 aromatic rings. The van der Waals surface area contributed by atoms with Gasteiger partial charge in [0.15, 0.2) is 11.5 Å². The van der Waals surface area contributed by atoms with Crippen molar-refractivity contribution < 1.29 is 19.5 Å². The zero-order chi connectivity index (χ0) is 18.8. The molecule has 1 aromatic carbocycles. The molecule has 7 heteroatoms. The van der Waals surface area contributed by atoms with E-state index in [0.29, 0.717) is 23.5 Å². The molecule has 3 aliphatic rings. The summed E-state index contributed by atoms with van der Waals surface area (Å²) in [6.07, 6.45) is 4.77. The predicted molar refractivity (Wildman–Crippen MR) is 97.3 cm³/mol.